The highest BCUT2D eigenvalue weighted by Crippen LogP contribution is 2.34. The van der Waals surface area contributed by atoms with Crippen LogP contribution in [0.5, 0.6) is 5.75 Å². The van der Waals surface area contributed by atoms with Crippen LogP contribution in [0.3, 0.4) is 0 Å². The molecule has 0 atom stereocenters. The average Bonchev–Trinajstić information content (AvgIpc) is 2.47. The van der Waals surface area contributed by atoms with Crippen LogP contribution in [0.1, 0.15) is 5.56 Å². The minimum absolute atomic E-state index is 0.00000262. The second-order valence-electron chi connectivity index (χ2n) is 4.27. The molecule has 0 unspecified atom stereocenters. The van der Waals surface area contributed by atoms with Crippen LogP contribution in [0.4, 0.5) is 13.2 Å². The molecule has 0 bridgehead atoms. The molecule has 0 radical (unpaired) electrons. The maximum absolute atomic E-state index is 13.1. The molecule has 0 saturated heterocycles. The Morgan fingerprint density at radius 2 is 1.59 bits per heavy atom. The summed E-state index contributed by atoms with van der Waals surface area (Å²) in [4.78, 5) is 11.7. The summed E-state index contributed by atoms with van der Waals surface area (Å²) >= 11 is 5.79. The van der Waals surface area contributed by atoms with Crippen molar-refractivity contribution < 1.29 is 22.7 Å². The Hall–Kier alpha value is -2.27. The first-order chi connectivity index (χ1) is 10.4. The van der Waals surface area contributed by atoms with Gasteiger partial charge in [-0.05, 0) is 17.7 Å². The molecule has 22 heavy (non-hydrogen) atoms. The minimum atomic E-state index is -4.68. The van der Waals surface area contributed by atoms with Crippen LogP contribution >= 0.6 is 11.6 Å². The van der Waals surface area contributed by atoms with E-state index >= 15 is 0 Å². The first-order valence-corrected chi connectivity index (χ1v) is 6.56. The van der Waals surface area contributed by atoms with Gasteiger partial charge in [0.1, 0.15) is 5.75 Å². The van der Waals surface area contributed by atoms with E-state index in [0.717, 1.165) is 0 Å². The fourth-order valence-corrected chi connectivity index (χ4v) is 1.90. The Kier molecular flexibility index (Phi) is 4.88. The molecular weight excluding hydrogens is 317 g/mol. The molecule has 0 aliphatic rings. The molecule has 0 spiro atoms. The molecule has 0 saturated carbocycles. The van der Waals surface area contributed by atoms with Crippen molar-refractivity contribution in [3.05, 3.63) is 71.3 Å². The maximum atomic E-state index is 13.1. The highest BCUT2D eigenvalue weighted by atomic mass is 35.5. The molecule has 0 aromatic heterocycles. The average molecular weight is 327 g/mol. The van der Waals surface area contributed by atoms with E-state index in [0.29, 0.717) is 6.08 Å². The molecule has 0 aliphatic heterocycles. The van der Waals surface area contributed by atoms with E-state index in [4.69, 9.17) is 16.3 Å². The van der Waals surface area contributed by atoms with E-state index in [2.05, 4.69) is 0 Å². The van der Waals surface area contributed by atoms with Gasteiger partial charge in [0.2, 0.25) is 0 Å². The van der Waals surface area contributed by atoms with Crippen molar-refractivity contribution in [3.8, 4) is 5.75 Å². The van der Waals surface area contributed by atoms with Crippen LogP contribution in [-0.2, 0) is 4.79 Å². The largest absolute Gasteiger partial charge is 0.422 e. The van der Waals surface area contributed by atoms with Crippen LogP contribution in [0.25, 0.3) is 5.57 Å². The van der Waals surface area contributed by atoms with Gasteiger partial charge in [-0.15, -0.1) is 0 Å². The summed E-state index contributed by atoms with van der Waals surface area (Å²) in [6.45, 7) is 0. The molecule has 6 heteroatoms. The third kappa shape index (κ3) is 4.11. The summed E-state index contributed by atoms with van der Waals surface area (Å²) in [6, 6.07) is 13.0. The minimum Gasteiger partial charge on any atom is -0.422 e. The molecule has 0 N–H and O–H groups in total. The van der Waals surface area contributed by atoms with Crippen molar-refractivity contribution in [2.45, 2.75) is 6.18 Å². The fraction of sp³-hybridized carbons (Fsp3) is 0.0625. The van der Waals surface area contributed by atoms with Gasteiger partial charge < -0.3 is 4.74 Å². The molecule has 2 rings (SSSR count). The van der Waals surface area contributed by atoms with Crippen LogP contribution < -0.4 is 4.74 Å². The van der Waals surface area contributed by atoms with Crippen LogP contribution in [0.2, 0.25) is 5.02 Å². The summed E-state index contributed by atoms with van der Waals surface area (Å²) in [6.07, 6.45) is -4.26. The highest BCUT2D eigenvalue weighted by Gasteiger charge is 2.35. The Balaban J connectivity index is 2.30. The van der Waals surface area contributed by atoms with Gasteiger partial charge in [0.05, 0.1) is 10.6 Å². The standard InChI is InChI=1S/C16H10ClF3O2/c17-13-8-4-5-9-14(13)22-15(21)10-12(16(18,19)20)11-6-2-1-3-7-11/h1-10H/b12-10+. The summed E-state index contributed by atoms with van der Waals surface area (Å²) < 4.78 is 44.1. The fourth-order valence-electron chi connectivity index (χ4n) is 1.73. The van der Waals surface area contributed by atoms with Gasteiger partial charge in [0, 0.05) is 6.08 Å². The third-order valence-corrected chi connectivity index (χ3v) is 3.01. The van der Waals surface area contributed by atoms with Crippen molar-refractivity contribution in [1.29, 1.82) is 0 Å². The van der Waals surface area contributed by atoms with Crippen molar-refractivity contribution in [2.75, 3.05) is 0 Å². The van der Waals surface area contributed by atoms with Crippen molar-refractivity contribution in [3.63, 3.8) is 0 Å². The van der Waals surface area contributed by atoms with Gasteiger partial charge in [-0.1, -0.05) is 54.1 Å². The topological polar surface area (TPSA) is 26.3 Å². The molecule has 0 aliphatic carbocycles. The van der Waals surface area contributed by atoms with Crippen molar-refractivity contribution in [1.82, 2.24) is 0 Å². The number of para-hydroxylation sites is 1. The molecule has 0 heterocycles. The Bertz CT molecular complexity index is 694. The van der Waals surface area contributed by atoms with Crippen LogP contribution in [-0.4, -0.2) is 12.1 Å². The summed E-state index contributed by atoms with van der Waals surface area (Å²) in [5, 5.41) is 0.137. The van der Waals surface area contributed by atoms with E-state index < -0.39 is 17.7 Å². The number of allylic oxidation sites excluding steroid dienone is 1. The number of hydrogen-bond donors (Lipinski definition) is 0. The number of rotatable bonds is 3. The molecule has 2 nitrogen and oxygen atoms in total. The Morgan fingerprint density at radius 3 is 2.18 bits per heavy atom. The molecule has 2 aromatic rings. The van der Waals surface area contributed by atoms with Crippen LogP contribution in [0, 0.1) is 0 Å². The monoisotopic (exact) mass is 326 g/mol. The molecule has 0 amide bonds. The summed E-state index contributed by atoms with van der Waals surface area (Å²) in [7, 11) is 0. The van der Waals surface area contributed by atoms with Gasteiger partial charge >= 0.3 is 12.1 Å². The number of ether oxygens (including phenoxy) is 1. The van der Waals surface area contributed by atoms with Crippen LogP contribution in [0.15, 0.2) is 60.7 Å². The van der Waals surface area contributed by atoms with E-state index in [1.807, 2.05) is 0 Å². The second-order valence-corrected chi connectivity index (χ2v) is 4.68. The highest BCUT2D eigenvalue weighted by molar-refractivity contribution is 6.32. The lowest BCUT2D eigenvalue weighted by molar-refractivity contribution is -0.129. The van der Waals surface area contributed by atoms with Gasteiger partial charge in [-0.2, -0.15) is 13.2 Å². The predicted octanol–water partition coefficient (Wildman–Crippen LogP) is 4.89. The zero-order valence-corrected chi connectivity index (χ0v) is 11.9. The number of alkyl halides is 3. The number of hydrogen-bond acceptors (Lipinski definition) is 2. The van der Waals surface area contributed by atoms with E-state index in [-0.39, 0.29) is 16.3 Å². The zero-order chi connectivity index (χ0) is 16.2. The number of esters is 1. The third-order valence-electron chi connectivity index (χ3n) is 2.70. The van der Waals surface area contributed by atoms with E-state index in [9.17, 15) is 18.0 Å². The second kappa shape index (κ2) is 6.66. The number of benzene rings is 2. The lowest BCUT2D eigenvalue weighted by Gasteiger charge is -2.12. The molecule has 2 aromatic carbocycles. The Morgan fingerprint density at radius 1 is 1.00 bits per heavy atom. The smallest absolute Gasteiger partial charge is 0.417 e. The predicted molar refractivity (Wildman–Crippen MR) is 77.6 cm³/mol. The van der Waals surface area contributed by atoms with Crippen molar-refractivity contribution in [2.24, 2.45) is 0 Å². The Labute approximate surface area is 129 Å². The van der Waals surface area contributed by atoms with Gasteiger partial charge in [0.15, 0.2) is 0 Å². The first kappa shape index (κ1) is 16.1. The maximum Gasteiger partial charge on any atom is 0.417 e. The summed E-state index contributed by atoms with van der Waals surface area (Å²) in [5.41, 5.74) is -1.20. The van der Waals surface area contributed by atoms with Crippen molar-refractivity contribution >= 4 is 23.1 Å². The van der Waals surface area contributed by atoms with E-state index in [1.54, 1.807) is 18.2 Å². The van der Waals surface area contributed by atoms with Gasteiger partial charge in [0.25, 0.3) is 0 Å². The first-order valence-electron chi connectivity index (χ1n) is 6.18. The number of carbonyl (C=O) groups is 1. The number of carbonyl (C=O) groups excluding carboxylic acids is 1. The van der Waals surface area contributed by atoms with Gasteiger partial charge in [-0.3, -0.25) is 0 Å². The number of halogens is 4. The zero-order valence-electron chi connectivity index (χ0n) is 11.1. The lowest BCUT2D eigenvalue weighted by atomic mass is 10.1. The SMILES string of the molecule is O=C(/C=C(\c1ccccc1)C(F)(F)F)Oc1ccccc1Cl. The molecule has 0 fully saturated rings. The normalized spacial score (nSPS) is 12.1. The molecular formula is C16H10ClF3O2. The lowest BCUT2D eigenvalue weighted by Crippen LogP contribution is -2.14. The molecule has 114 valence electrons. The van der Waals surface area contributed by atoms with Gasteiger partial charge in [-0.25, -0.2) is 4.79 Å². The van der Waals surface area contributed by atoms with E-state index in [1.165, 1.54) is 36.4 Å². The summed E-state index contributed by atoms with van der Waals surface area (Å²) in [5.74, 6) is -1.15. The quantitative estimate of drug-likeness (QED) is 0.456.